The summed E-state index contributed by atoms with van der Waals surface area (Å²) in [6.45, 7) is 3.91. The third-order valence-corrected chi connectivity index (χ3v) is 4.01. The van der Waals surface area contributed by atoms with E-state index in [1.54, 1.807) is 0 Å². The van der Waals surface area contributed by atoms with E-state index in [9.17, 15) is 13.2 Å². The molecule has 1 atom stereocenters. The summed E-state index contributed by atoms with van der Waals surface area (Å²) in [5, 5.41) is 3.90. The molecule has 0 aromatic rings. The van der Waals surface area contributed by atoms with Gasteiger partial charge in [0.1, 0.15) is 0 Å². The third kappa shape index (κ3) is 3.34. The highest BCUT2D eigenvalue weighted by Gasteiger charge is 2.24. The molecule has 0 spiro atoms. The number of rotatable bonds is 4. The second-order valence-corrected chi connectivity index (χ2v) is 5.72. The molecular formula is C10H17NO3S. The molecular weight excluding hydrogens is 214 g/mol. The van der Waals surface area contributed by atoms with Gasteiger partial charge in [-0.25, -0.2) is 8.42 Å². The smallest absolute Gasteiger partial charge is 0.223 e. The van der Waals surface area contributed by atoms with Crippen LogP contribution < -0.4 is 5.32 Å². The minimum atomic E-state index is -3.08. The average molecular weight is 231 g/mol. The van der Waals surface area contributed by atoms with Crippen molar-refractivity contribution in [3.05, 3.63) is 11.5 Å². The van der Waals surface area contributed by atoms with Gasteiger partial charge in [0.2, 0.25) is 5.91 Å². The van der Waals surface area contributed by atoms with Gasteiger partial charge in [-0.3, -0.25) is 4.79 Å². The number of carbonyl (C=O) groups excluding carboxylic acids is 1. The molecule has 0 aromatic carbocycles. The Hall–Kier alpha value is -0.840. The Kier molecular flexibility index (Phi) is 3.90. The van der Waals surface area contributed by atoms with Crippen LogP contribution in [0.25, 0.3) is 0 Å². The third-order valence-electron chi connectivity index (χ3n) is 2.61. The van der Waals surface area contributed by atoms with Gasteiger partial charge in [-0.15, -0.1) is 0 Å². The number of amides is 1. The fourth-order valence-corrected chi connectivity index (χ4v) is 2.86. The first-order valence-corrected chi connectivity index (χ1v) is 6.91. The van der Waals surface area contributed by atoms with Gasteiger partial charge in [0.15, 0.2) is 9.84 Å². The molecule has 1 amide bonds. The van der Waals surface area contributed by atoms with Crippen molar-refractivity contribution in [2.45, 2.75) is 32.7 Å². The largest absolute Gasteiger partial charge is 0.349 e. The number of hydrogen-bond donors (Lipinski definition) is 1. The zero-order chi connectivity index (χ0) is 11.5. The molecule has 1 aliphatic rings. The predicted octanol–water partition coefficient (Wildman–Crippen LogP) is 0.849. The Labute approximate surface area is 90.7 Å². The average Bonchev–Trinajstić information content (AvgIpc) is 2.47. The second kappa shape index (κ2) is 4.79. The van der Waals surface area contributed by atoms with Crippen LogP contribution in [0.4, 0.5) is 0 Å². The van der Waals surface area contributed by atoms with Crippen LogP contribution in [0.2, 0.25) is 0 Å². The lowest BCUT2D eigenvalue weighted by molar-refractivity contribution is -0.125. The summed E-state index contributed by atoms with van der Waals surface area (Å²) in [7, 11) is -3.08. The lowest BCUT2D eigenvalue weighted by atomic mass is 10.0. The molecule has 0 bridgehead atoms. The molecule has 0 fully saturated rings. The van der Waals surface area contributed by atoms with Crippen molar-refractivity contribution in [3.63, 3.8) is 0 Å². The fraction of sp³-hybridized carbons (Fsp3) is 0.700. The maximum Gasteiger partial charge on any atom is 0.223 e. The minimum absolute atomic E-state index is 0.00110. The van der Waals surface area contributed by atoms with Crippen molar-refractivity contribution in [1.82, 2.24) is 5.32 Å². The van der Waals surface area contributed by atoms with Crippen molar-refractivity contribution in [1.29, 1.82) is 0 Å². The Morgan fingerprint density at radius 3 is 2.47 bits per heavy atom. The minimum Gasteiger partial charge on any atom is -0.349 e. The van der Waals surface area contributed by atoms with Gasteiger partial charge in [-0.05, 0) is 18.9 Å². The normalized spacial score (nSPS) is 23.3. The van der Waals surface area contributed by atoms with Crippen LogP contribution in [0.3, 0.4) is 0 Å². The molecule has 0 aliphatic carbocycles. The van der Waals surface area contributed by atoms with Crippen molar-refractivity contribution >= 4 is 15.7 Å². The SMILES string of the molecule is CCC(CC)C(=O)NC1C=CS(=O)(=O)C1. The molecule has 4 nitrogen and oxygen atoms in total. The number of nitrogens with one attached hydrogen (secondary N) is 1. The molecule has 1 unspecified atom stereocenters. The summed E-state index contributed by atoms with van der Waals surface area (Å²) < 4.78 is 22.2. The van der Waals surface area contributed by atoms with E-state index >= 15 is 0 Å². The summed E-state index contributed by atoms with van der Waals surface area (Å²) in [5.41, 5.74) is 0. The summed E-state index contributed by atoms with van der Waals surface area (Å²) in [6, 6.07) is -0.344. The summed E-state index contributed by atoms with van der Waals surface area (Å²) in [6.07, 6.45) is 3.10. The van der Waals surface area contributed by atoms with Crippen LogP contribution in [0.15, 0.2) is 11.5 Å². The molecule has 0 saturated heterocycles. The highest BCUT2D eigenvalue weighted by molar-refractivity contribution is 7.94. The zero-order valence-electron chi connectivity index (χ0n) is 9.06. The highest BCUT2D eigenvalue weighted by atomic mass is 32.2. The van der Waals surface area contributed by atoms with Crippen LogP contribution in [0.1, 0.15) is 26.7 Å². The van der Waals surface area contributed by atoms with Crippen LogP contribution in [-0.4, -0.2) is 26.1 Å². The molecule has 15 heavy (non-hydrogen) atoms. The topological polar surface area (TPSA) is 63.2 Å². The first-order chi connectivity index (χ1) is 6.98. The molecule has 1 heterocycles. The van der Waals surface area contributed by atoms with Crippen LogP contribution in [0, 0.1) is 5.92 Å². The van der Waals surface area contributed by atoms with E-state index in [1.165, 1.54) is 11.5 Å². The molecule has 5 heteroatoms. The fourth-order valence-electron chi connectivity index (χ4n) is 1.63. The summed E-state index contributed by atoms with van der Waals surface area (Å²) in [5.74, 6) is -0.0627. The lowest BCUT2D eigenvalue weighted by Gasteiger charge is -2.15. The molecule has 1 rings (SSSR count). The monoisotopic (exact) mass is 231 g/mol. The van der Waals surface area contributed by atoms with Crippen molar-refractivity contribution in [3.8, 4) is 0 Å². The molecule has 0 radical (unpaired) electrons. The quantitative estimate of drug-likeness (QED) is 0.780. The van der Waals surface area contributed by atoms with E-state index < -0.39 is 9.84 Å². The summed E-state index contributed by atoms with van der Waals surface area (Å²) >= 11 is 0. The predicted molar refractivity (Wildman–Crippen MR) is 58.9 cm³/mol. The maximum absolute atomic E-state index is 11.6. The molecule has 1 aliphatic heterocycles. The van der Waals surface area contributed by atoms with E-state index in [4.69, 9.17) is 0 Å². The molecule has 86 valence electrons. The lowest BCUT2D eigenvalue weighted by Crippen LogP contribution is -2.39. The van der Waals surface area contributed by atoms with Crippen molar-refractivity contribution in [2.24, 2.45) is 5.92 Å². The van der Waals surface area contributed by atoms with Gasteiger partial charge in [-0.2, -0.15) is 0 Å². The standard InChI is InChI=1S/C10H17NO3S/c1-3-8(4-2)10(12)11-9-5-6-15(13,14)7-9/h5-6,8-9H,3-4,7H2,1-2H3,(H,11,12). The molecule has 1 N–H and O–H groups in total. The Morgan fingerprint density at radius 2 is 2.07 bits per heavy atom. The van der Waals surface area contributed by atoms with E-state index in [0.717, 1.165) is 12.8 Å². The van der Waals surface area contributed by atoms with Crippen LogP contribution in [0.5, 0.6) is 0 Å². The molecule has 0 aromatic heterocycles. The van der Waals surface area contributed by atoms with Crippen LogP contribution in [-0.2, 0) is 14.6 Å². The first-order valence-electron chi connectivity index (χ1n) is 5.19. The maximum atomic E-state index is 11.6. The van der Waals surface area contributed by atoms with E-state index in [0.29, 0.717) is 0 Å². The number of sulfone groups is 1. The zero-order valence-corrected chi connectivity index (χ0v) is 9.88. The van der Waals surface area contributed by atoms with Gasteiger partial charge in [0, 0.05) is 11.3 Å². The Morgan fingerprint density at radius 1 is 1.47 bits per heavy atom. The van der Waals surface area contributed by atoms with Gasteiger partial charge in [0.05, 0.1) is 11.8 Å². The van der Waals surface area contributed by atoms with Crippen LogP contribution >= 0.6 is 0 Å². The van der Waals surface area contributed by atoms with E-state index in [1.807, 2.05) is 13.8 Å². The Balaban J connectivity index is 2.51. The number of carbonyl (C=O) groups is 1. The number of hydrogen-bond acceptors (Lipinski definition) is 3. The first kappa shape index (κ1) is 12.2. The van der Waals surface area contributed by atoms with E-state index in [2.05, 4.69) is 5.32 Å². The highest BCUT2D eigenvalue weighted by Crippen LogP contribution is 2.11. The second-order valence-electron chi connectivity index (χ2n) is 3.79. The summed E-state index contributed by atoms with van der Waals surface area (Å²) in [4.78, 5) is 11.6. The van der Waals surface area contributed by atoms with Gasteiger partial charge >= 0.3 is 0 Å². The Bertz CT molecular complexity index is 355. The van der Waals surface area contributed by atoms with Crippen molar-refractivity contribution < 1.29 is 13.2 Å². The van der Waals surface area contributed by atoms with Gasteiger partial charge in [0.25, 0.3) is 0 Å². The van der Waals surface area contributed by atoms with Gasteiger partial charge in [-0.1, -0.05) is 13.8 Å². The molecule has 0 saturated carbocycles. The van der Waals surface area contributed by atoms with Crippen molar-refractivity contribution in [2.75, 3.05) is 5.75 Å². The van der Waals surface area contributed by atoms with Gasteiger partial charge < -0.3 is 5.32 Å². The van der Waals surface area contributed by atoms with E-state index in [-0.39, 0.29) is 23.6 Å².